The summed E-state index contributed by atoms with van der Waals surface area (Å²) in [6.07, 6.45) is 3.39. The van der Waals surface area contributed by atoms with Crippen molar-refractivity contribution in [1.29, 1.82) is 0 Å². The van der Waals surface area contributed by atoms with E-state index in [-0.39, 0.29) is 22.9 Å². The zero-order valence-corrected chi connectivity index (χ0v) is 16.6. The van der Waals surface area contributed by atoms with E-state index < -0.39 is 0 Å². The van der Waals surface area contributed by atoms with Crippen LogP contribution in [-0.2, 0) is 19.7 Å². The fraction of sp³-hybridized carbons (Fsp3) is 0.591. The number of epoxide rings is 1. The van der Waals surface area contributed by atoms with E-state index >= 15 is 0 Å². The van der Waals surface area contributed by atoms with Crippen molar-refractivity contribution in [3.63, 3.8) is 0 Å². The first-order valence-electron chi connectivity index (χ1n) is 10.3. The SMILES string of the molecule is CC[C@]12CC(OC(C)=O)=C3Nc4cc(OC)ccc4[C@@]34CCN(C[C@@H]3O[C@@H]31)[C@@H]24. The van der Waals surface area contributed by atoms with E-state index in [2.05, 4.69) is 29.3 Å². The Morgan fingerprint density at radius 3 is 3.04 bits per heavy atom. The maximum atomic E-state index is 12.0. The van der Waals surface area contributed by atoms with E-state index in [4.69, 9.17) is 14.2 Å². The normalized spacial score (nSPS) is 39.5. The molecule has 0 saturated carbocycles. The molecular formula is C22H26N2O4. The Balaban J connectivity index is 1.61. The molecule has 5 atom stereocenters. The molecule has 6 nitrogen and oxygen atoms in total. The third-order valence-corrected chi connectivity index (χ3v) is 7.84. The molecule has 6 heteroatoms. The number of ether oxygens (including phenoxy) is 3. The van der Waals surface area contributed by atoms with E-state index in [0.717, 1.165) is 55.2 Å². The highest BCUT2D eigenvalue weighted by Crippen LogP contribution is 2.68. The van der Waals surface area contributed by atoms with Gasteiger partial charge in [-0.15, -0.1) is 0 Å². The minimum atomic E-state index is -0.253. The maximum absolute atomic E-state index is 12.0. The summed E-state index contributed by atoms with van der Waals surface area (Å²) in [6, 6.07) is 6.68. The first-order valence-corrected chi connectivity index (χ1v) is 10.3. The molecule has 5 aliphatic rings. The van der Waals surface area contributed by atoms with Crippen molar-refractivity contribution in [1.82, 2.24) is 4.90 Å². The van der Waals surface area contributed by atoms with E-state index in [1.165, 1.54) is 12.5 Å². The second-order valence-electron chi connectivity index (χ2n) is 8.91. The molecule has 3 saturated heterocycles. The fourth-order valence-corrected chi connectivity index (χ4v) is 6.87. The highest BCUT2D eigenvalue weighted by Gasteiger charge is 2.73. The largest absolute Gasteiger partial charge is 0.497 e. The van der Waals surface area contributed by atoms with Gasteiger partial charge < -0.3 is 19.5 Å². The number of nitrogens with one attached hydrogen (secondary N) is 1. The molecule has 1 spiro atoms. The highest BCUT2D eigenvalue weighted by molar-refractivity contribution is 5.75. The van der Waals surface area contributed by atoms with Crippen molar-refractivity contribution < 1.29 is 19.0 Å². The zero-order chi connectivity index (χ0) is 19.3. The van der Waals surface area contributed by atoms with Crippen molar-refractivity contribution in [2.45, 2.75) is 56.8 Å². The van der Waals surface area contributed by atoms with Gasteiger partial charge in [0.25, 0.3) is 0 Å². The number of allylic oxidation sites excluding steroid dienone is 1. The Morgan fingerprint density at radius 1 is 1.43 bits per heavy atom. The molecule has 4 heterocycles. The number of fused-ring (bicyclic) bond motifs is 3. The Kier molecular flexibility index (Phi) is 3.19. The standard InChI is InChI=1S/C22H26N2O4/c1-4-21-10-16(27-12(2)25)18-22(14-6-5-13(26-3)9-15(14)23-18)7-8-24(20(21)22)11-17-19(21)28-17/h5-6,9,17,19-20,23H,4,7-8,10-11H2,1-3H3/t17-,19-,20-,21-,22-/m0/s1. The van der Waals surface area contributed by atoms with Crippen LogP contribution < -0.4 is 10.1 Å². The molecule has 3 fully saturated rings. The predicted molar refractivity (Wildman–Crippen MR) is 103 cm³/mol. The molecule has 0 bridgehead atoms. The van der Waals surface area contributed by atoms with Gasteiger partial charge in [-0.2, -0.15) is 0 Å². The van der Waals surface area contributed by atoms with Crippen molar-refractivity contribution in [3.05, 3.63) is 35.2 Å². The van der Waals surface area contributed by atoms with Gasteiger partial charge >= 0.3 is 5.97 Å². The third-order valence-electron chi connectivity index (χ3n) is 7.84. The van der Waals surface area contributed by atoms with Crippen LogP contribution in [-0.4, -0.2) is 49.3 Å². The van der Waals surface area contributed by atoms with Crippen LogP contribution in [0.5, 0.6) is 5.75 Å². The molecule has 28 heavy (non-hydrogen) atoms. The molecule has 1 aromatic carbocycles. The van der Waals surface area contributed by atoms with Crippen LogP contribution in [0.1, 0.15) is 38.7 Å². The zero-order valence-electron chi connectivity index (χ0n) is 16.6. The van der Waals surface area contributed by atoms with E-state index in [0.29, 0.717) is 12.1 Å². The number of piperidine rings is 1. The first-order chi connectivity index (χ1) is 13.5. The van der Waals surface area contributed by atoms with Crippen molar-refractivity contribution in [3.8, 4) is 5.75 Å². The lowest BCUT2D eigenvalue weighted by Crippen LogP contribution is -2.62. The van der Waals surface area contributed by atoms with E-state index in [1.54, 1.807) is 7.11 Å². The van der Waals surface area contributed by atoms with Crippen LogP contribution in [0.3, 0.4) is 0 Å². The molecule has 6 rings (SSSR count). The van der Waals surface area contributed by atoms with Gasteiger partial charge in [0.05, 0.1) is 30.4 Å². The molecule has 148 valence electrons. The lowest BCUT2D eigenvalue weighted by atomic mass is 9.54. The second-order valence-corrected chi connectivity index (χ2v) is 8.91. The number of carbonyl (C=O) groups excluding carboxylic acids is 1. The molecule has 0 unspecified atom stereocenters. The number of nitrogens with zero attached hydrogens (tertiary/aromatic N) is 1. The van der Waals surface area contributed by atoms with Crippen molar-refractivity contribution in [2.24, 2.45) is 5.41 Å². The van der Waals surface area contributed by atoms with Crippen LogP contribution in [0, 0.1) is 5.41 Å². The highest BCUT2D eigenvalue weighted by atomic mass is 16.6. The summed E-state index contributed by atoms with van der Waals surface area (Å²) in [5, 5.41) is 3.64. The quantitative estimate of drug-likeness (QED) is 0.641. The summed E-state index contributed by atoms with van der Waals surface area (Å²) >= 11 is 0. The smallest absolute Gasteiger partial charge is 0.307 e. The van der Waals surface area contributed by atoms with Gasteiger partial charge in [-0.1, -0.05) is 13.0 Å². The summed E-state index contributed by atoms with van der Waals surface area (Å²) in [4.78, 5) is 14.6. The van der Waals surface area contributed by atoms with Gasteiger partial charge in [0.15, 0.2) is 0 Å². The fourth-order valence-electron chi connectivity index (χ4n) is 6.87. The summed E-state index contributed by atoms with van der Waals surface area (Å²) in [5.41, 5.74) is 3.28. The van der Waals surface area contributed by atoms with E-state index in [1.807, 2.05) is 6.07 Å². The van der Waals surface area contributed by atoms with Crippen LogP contribution >= 0.6 is 0 Å². The predicted octanol–water partition coefficient (Wildman–Crippen LogP) is 2.79. The number of hydrogen-bond acceptors (Lipinski definition) is 6. The Morgan fingerprint density at radius 2 is 2.29 bits per heavy atom. The van der Waals surface area contributed by atoms with Crippen molar-refractivity contribution in [2.75, 3.05) is 25.5 Å². The summed E-state index contributed by atoms with van der Waals surface area (Å²) < 4.78 is 17.5. The molecule has 1 aliphatic carbocycles. The maximum Gasteiger partial charge on any atom is 0.307 e. The van der Waals surface area contributed by atoms with Crippen LogP contribution in [0.25, 0.3) is 0 Å². The topological polar surface area (TPSA) is 63.3 Å². The molecular weight excluding hydrogens is 356 g/mol. The van der Waals surface area contributed by atoms with Gasteiger partial charge in [0, 0.05) is 43.1 Å². The van der Waals surface area contributed by atoms with Crippen LogP contribution in [0.2, 0.25) is 0 Å². The number of rotatable bonds is 3. The summed E-state index contributed by atoms with van der Waals surface area (Å²) in [5.74, 6) is 1.39. The summed E-state index contributed by atoms with van der Waals surface area (Å²) in [7, 11) is 1.69. The minimum absolute atomic E-state index is 0.0169. The monoisotopic (exact) mass is 382 g/mol. The molecule has 4 aliphatic heterocycles. The third kappa shape index (κ3) is 1.83. The number of anilines is 1. The Hall–Kier alpha value is -2.05. The average molecular weight is 382 g/mol. The van der Waals surface area contributed by atoms with E-state index in [9.17, 15) is 4.79 Å². The van der Waals surface area contributed by atoms with Crippen LogP contribution in [0.4, 0.5) is 5.69 Å². The number of benzene rings is 1. The lowest BCUT2D eigenvalue weighted by Gasteiger charge is -2.54. The van der Waals surface area contributed by atoms with Crippen molar-refractivity contribution >= 4 is 11.7 Å². The second kappa shape index (κ2) is 5.30. The van der Waals surface area contributed by atoms with Crippen LogP contribution in [0.15, 0.2) is 29.7 Å². The molecule has 0 aromatic heterocycles. The average Bonchev–Trinajstić information content (AvgIpc) is 3.26. The van der Waals surface area contributed by atoms with Gasteiger partial charge in [0.2, 0.25) is 0 Å². The van der Waals surface area contributed by atoms with Gasteiger partial charge in [0.1, 0.15) is 11.5 Å². The van der Waals surface area contributed by atoms with Gasteiger partial charge in [-0.25, -0.2) is 0 Å². The van der Waals surface area contributed by atoms with Gasteiger partial charge in [-0.3, -0.25) is 9.69 Å². The van der Waals surface area contributed by atoms with Gasteiger partial charge in [-0.05, 0) is 31.0 Å². The lowest BCUT2D eigenvalue weighted by molar-refractivity contribution is -0.138. The molecule has 0 radical (unpaired) electrons. The number of methoxy groups -OCH3 is 1. The minimum Gasteiger partial charge on any atom is -0.497 e. The summed E-state index contributed by atoms with van der Waals surface area (Å²) in [6.45, 7) is 5.82. The molecule has 0 amide bonds. The number of carbonyl (C=O) groups is 1. The first kappa shape index (κ1) is 16.9. The Labute approximate surface area is 164 Å². The number of esters is 1. The molecule has 1 aromatic rings. The number of hydrogen-bond donors (Lipinski definition) is 1. The molecule has 1 N–H and O–H groups in total. The Bertz CT molecular complexity index is 927.